The summed E-state index contributed by atoms with van der Waals surface area (Å²) >= 11 is 5.99. The van der Waals surface area contributed by atoms with Crippen molar-refractivity contribution in [2.75, 3.05) is 45.7 Å². The fraction of sp³-hybridized carbons (Fsp3) is 0.400. The van der Waals surface area contributed by atoms with E-state index in [9.17, 15) is 0 Å². The maximum absolute atomic E-state index is 5.99. The van der Waals surface area contributed by atoms with Gasteiger partial charge in [0, 0.05) is 49.0 Å². The molecule has 0 atom stereocenters. The molecule has 0 spiro atoms. The molecule has 1 heterocycles. The van der Waals surface area contributed by atoms with Crippen LogP contribution in [0.15, 0.2) is 30.5 Å². The fourth-order valence-electron chi connectivity index (χ4n) is 2.02. The van der Waals surface area contributed by atoms with Crippen LogP contribution >= 0.6 is 11.6 Å². The van der Waals surface area contributed by atoms with Crippen LogP contribution in [-0.2, 0) is 4.74 Å². The summed E-state index contributed by atoms with van der Waals surface area (Å²) in [5.41, 5.74) is 2.00. The van der Waals surface area contributed by atoms with Crippen LogP contribution in [0.25, 0.3) is 10.9 Å². The second-order valence-electron chi connectivity index (χ2n) is 4.74. The Morgan fingerprint density at radius 1 is 1.30 bits per heavy atom. The van der Waals surface area contributed by atoms with E-state index in [-0.39, 0.29) is 0 Å². The summed E-state index contributed by atoms with van der Waals surface area (Å²) < 4.78 is 5.06. The van der Waals surface area contributed by atoms with Crippen molar-refractivity contribution in [2.45, 2.75) is 0 Å². The Kier molecular flexibility index (Phi) is 5.59. The molecule has 2 aromatic rings. The van der Waals surface area contributed by atoms with Gasteiger partial charge in [0.25, 0.3) is 0 Å². The highest BCUT2D eigenvalue weighted by Crippen LogP contribution is 2.24. The van der Waals surface area contributed by atoms with Gasteiger partial charge in [-0.15, -0.1) is 0 Å². The van der Waals surface area contributed by atoms with Crippen LogP contribution in [0.2, 0.25) is 5.02 Å². The van der Waals surface area contributed by atoms with Crippen molar-refractivity contribution >= 4 is 28.2 Å². The quantitative estimate of drug-likeness (QED) is 0.852. The van der Waals surface area contributed by atoms with Gasteiger partial charge in [-0.1, -0.05) is 11.6 Å². The van der Waals surface area contributed by atoms with Gasteiger partial charge < -0.3 is 15.0 Å². The molecule has 0 amide bonds. The van der Waals surface area contributed by atoms with Crippen molar-refractivity contribution in [3.63, 3.8) is 0 Å². The standard InChI is InChI=1S/C15H20ClN3O/c1-19(9-10-20-2)8-7-18-14-5-6-17-15-11-12(16)3-4-13(14)15/h3-6,11H,7-10H2,1-2H3,(H,17,18). The van der Waals surface area contributed by atoms with Crippen molar-refractivity contribution in [1.82, 2.24) is 9.88 Å². The number of methoxy groups -OCH3 is 1. The van der Waals surface area contributed by atoms with E-state index >= 15 is 0 Å². The number of hydrogen-bond acceptors (Lipinski definition) is 4. The zero-order valence-corrected chi connectivity index (χ0v) is 12.7. The molecule has 5 heteroatoms. The zero-order valence-electron chi connectivity index (χ0n) is 11.9. The summed E-state index contributed by atoms with van der Waals surface area (Å²) in [5.74, 6) is 0. The van der Waals surface area contributed by atoms with E-state index in [1.165, 1.54) is 0 Å². The Hall–Kier alpha value is -1.36. The van der Waals surface area contributed by atoms with Gasteiger partial charge in [0.15, 0.2) is 0 Å². The van der Waals surface area contributed by atoms with Crippen molar-refractivity contribution in [2.24, 2.45) is 0 Å². The molecule has 0 fully saturated rings. The molecule has 1 aromatic carbocycles. The molecule has 0 saturated carbocycles. The van der Waals surface area contributed by atoms with Crippen LogP contribution in [-0.4, -0.2) is 50.3 Å². The Morgan fingerprint density at radius 2 is 2.15 bits per heavy atom. The van der Waals surface area contributed by atoms with E-state index < -0.39 is 0 Å². The number of ether oxygens (including phenoxy) is 1. The minimum atomic E-state index is 0.710. The molecular formula is C15H20ClN3O. The number of hydrogen-bond donors (Lipinski definition) is 1. The third kappa shape index (κ3) is 4.07. The SMILES string of the molecule is COCCN(C)CCNc1ccnc2cc(Cl)ccc12. The fourth-order valence-corrected chi connectivity index (χ4v) is 2.18. The zero-order chi connectivity index (χ0) is 14.4. The number of likely N-dealkylation sites (N-methyl/N-ethyl adjacent to an activating group) is 1. The normalized spacial score (nSPS) is 11.2. The first-order valence-electron chi connectivity index (χ1n) is 6.66. The summed E-state index contributed by atoms with van der Waals surface area (Å²) in [4.78, 5) is 6.57. The van der Waals surface area contributed by atoms with E-state index in [0.29, 0.717) is 5.02 Å². The maximum atomic E-state index is 5.99. The van der Waals surface area contributed by atoms with Gasteiger partial charge in [0.1, 0.15) is 0 Å². The van der Waals surface area contributed by atoms with E-state index in [0.717, 1.165) is 42.8 Å². The summed E-state index contributed by atoms with van der Waals surface area (Å²) in [6.07, 6.45) is 1.80. The van der Waals surface area contributed by atoms with Gasteiger partial charge in [-0.2, -0.15) is 0 Å². The molecule has 2 rings (SSSR count). The molecule has 20 heavy (non-hydrogen) atoms. The van der Waals surface area contributed by atoms with E-state index in [1.807, 2.05) is 24.3 Å². The van der Waals surface area contributed by atoms with Crippen LogP contribution in [0.3, 0.4) is 0 Å². The van der Waals surface area contributed by atoms with Crippen LogP contribution in [0.4, 0.5) is 5.69 Å². The van der Waals surface area contributed by atoms with Gasteiger partial charge in [-0.3, -0.25) is 4.98 Å². The molecule has 0 bridgehead atoms. The summed E-state index contributed by atoms with van der Waals surface area (Å²) in [6.45, 7) is 3.53. The average Bonchev–Trinajstić information content (AvgIpc) is 2.45. The number of rotatable bonds is 7. The summed E-state index contributed by atoms with van der Waals surface area (Å²) in [7, 11) is 3.81. The first-order valence-corrected chi connectivity index (χ1v) is 7.04. The Balaban J connectivity index is 1.96. The van der Waals surface area contributed by atoms with Crippen molar-refractivity contribution in [3.05, 3.63) is 35.5 Å². The lowest BCUT2D eigenvalue weighted by molar-refractivity contribution is 0.163. The van der Waals surface area contributed by atoms with Crippen molar-refractivity contribution in [1.29, 1.82) is 0 Å². The van der Waals surface area contributed by atoms with Crippen LogP contribution in [0.1, 0.15) is 0 Å². The molecule has 1 aromatic heterocycles. The number of aromatic nitrogens is 1. The third-order valence-corrected chi connectivity index (χ3v) is 3.43. The summed E-state index contributed by atoms with van der Waals surface area (Å²) in [6, 6.07) is 7.77. The van der Waals surface area contributed by atoms with Crippen LogP contribution < -0.4 is 5.32 Å². The predicted molar refractivity (Wildman–Crippen MR) is 84.6 cm³/mol. The highest BCUT2D eigenvalue weighted by Gasteiger charge is 2.03. The largest absolute Gasteiger partial charge is 0.383 e. The molecule has 0 aliphatic heterocycles. The average molecular weight is 294 g/mol. The van der Waals surface area contributed by atoms with Crippen molar-refractivity contribution in [3.8, 4) is 0 Å². The number of fused-ring (bicyclic) bond motifs is 1. The first-order chi connectivity index (χ1) is 9.70. The van der Waals surface area contributed by atoms with Crippen LogP contribution in [0, 0.1) is 0 Å². The number of pyridine rings is 1. The van der Waals surface area contributed by atoms with E-state index in [4.69, 9.17) is 16.3 Å². The molecule has 4 nitrogen and oxygen atoms in total. The van der Waals surface area contributed by atoms with Crippen molar-refractivity contribution < 1.29 is 4.74 Å². The highest BCUT2D eigenvalue weighted by molar-refractivity contribution is 6.31. The lowest BCUT2D eigenvalue weighted by Crippen LogP contribution is -2.28. The van der Waals surface area contributed by atoms with Gasteiger partial charge in [-0.05, 0) is 31.3 Å². The number of benzene rings is 1. The molecule has 0 aliphatic carbocycles. The Labute approximate surface area is 124 Å². The molecule has 0 aliphatic rings. The second kappa shape index (κ2) is 7.43. The number of nitrogens with one attached hydrogen (secondary N) is 1. The van der Waals surface area contributed by atoms with Crippen LogP contribution in [0.5, 0.6) is 0 Å². The molecule has 0 saturated heterocycles. The molecule has 108 valence electrons. The Bertz CT molecular complexity index is 562. The minimum absolute atomic E-state index is 0.710. The van der Waals surface area contributed by atoms with Gasteiger partial charge in [0.2, 0.25) is 0 Å². The van der Waals surface area contributed by atoms with E-state index in [1.54, 1.807) is 13.3 Å². The van der Waals surface area contributed by atoms with Gasteiger partial charge >= 0.3 is 0 Å². The molecule has 0 radical (unpaired) electrons. The lowest BCUT2D eigenvalue weighted by Gasteiger charge is -2.17. The van der Waals surface area contributed by atoms with E-state index in [2.05, 4.69) is 22.2 Å². The molecule has 0 unspecified atom stereocenters. The smallest absolute Gasteiger partial charge is 0.0737 e. The third-order valence-electron chi connectivity index (χ3n) is 3.19. The summed E-state index contributed by atoms with van der Waals surface area (Å²) in [5, 5.41) is 5.25. The van der Waals surface area contributed by atoms with Gasteiger partial charge in [0.05, 0.1) is 12.1 Å². The lowest BCUT2D eigenvalue weighted by atomic mass is 10.2. The first kappa shape index (κ1) is 15.0. The second-order valence-corrected chi connectivity index (χ2v) is 5.18. The minimum Gasteiger partial charge on any atom is -0.383 e. The topological polar surface area (TPSA) is 37.4 Å². The number of nitrogens with zero attached hydrogens (tertiary/aromatic N) is 2. The molecule has 1 N–H and O–H groups in total. The molecular weight excluding hydrogens is 274 g/mol. The predicted octanol–water partition coefficient (Wildman–Crippen LogP) is 2.88. The monoisotopic (exact) mass is 293 g/mol. The maximum Gasteiger partial charge on any atom is 0.0737 e. The Morgan fingerprint density at radius 3 is 2.95 bits per heavy atom. The van der Waals surface area contributed by atoms with Gasteiger partial charge in [-0.25, -0.2) is 0 Å². The number of anilines is 1. The number of halogens is 1. The highest BCUT2D eigenvalue weighted by atomic mass is 35.5.